The molecule has 1 amide bonds. The van der Waals surface area contributed by atoms with Crippen molar-refractivity contribution in [3.05, 3.63) is 16.5 Å². The first-order valence-electron chi connectivity index (χ1n) is 4.68. The van der Waals surface area contributed by atoms with Crippen LogP contribution in [0.3, 0.4) is 0 Å². The van der Waals surface area contributed by atoms with E-state index in [0.717, 1.165) is 0 Å². The first kappa shape index (κ1) is 13.2. The van der Waals surface area contributed by atoms with Crippen molar-refractivity contribution in [1.29, 1.82) is 0 Å². The summed E-state index contributed by atoms with van der Waals surface area (Å²) < 4.78 is 0. The fourth-order valence-corrected chi connectivity index (χ4v) is 1.51. The van der Waals surface area contributed by atoms with Crippen LogP contribution in [-0.4, -0.2) is 29.5 Å². The Hall–Kier alpha value is -0.910. The number of hydrogen-bond donors (Lipinski definition) is 2. The summed E-state index contributed by atoms with van der Waals surface area (Å²) in [6.45, 7) is 2.38. The van der Waals surface area contributed by atoms with E-state index in [4.69, 9.17) is 23.2 Å². The Bertz CT molecular complexity index is 366. The predicted octanol–water partition coefficient (Wildman–Crippen LogP) is 1.58. The SMILES string of the molecule is CNCC(C)C(=O)Nc1cc(Cl)nc(Cl)n1. The molecular weight excluding hydrogens is 251 g/mol. The molecule has 1 atom stereocenters. The van der Waals surface area contributed by atoms with E-state index in [0.29, 0.717) is 12.4 Å². The molecule has 5 nitrogen and oxygen atoms in total. The summed E-state index contributed by atoms with van der Waals surface area (Å²) >= 11 is 11.3. The summed E-state index contributed by atoms with van der Waals surface area (Å²) in [5, 5.41) is 5.72. The van der Waals surface area contributed by atoms with Crippen LogP contribution >= 0.6 is 23.2 Å². The van der Waals surface area contributed by atoms with Gasteiger partial charge in [0.25, 0.3) is 0 Å². The molecule has 1 rings (SSSR count). The van der Waals surface area contributed by atoms with Gasteiger partial charge >= 0.3 is 0 Å². The number of hydrogen-bond acceptors (Lipinski definition) is 4. The smallest absolute Gasteiger partial charge is 0.229 e. The molecule has 1 heterocycles. The maximum Gasteiger partial charge on any atom is 0.229 e. The van der Waals surface area contributed by atoms with Gasteiger partial charge in [-0.1, -0.05) is 18.5 Å². The van der Waals surface area contributed by atoms with Gasteiger partial charge in [0.1, 0.15) is 11.0 Å². The lowest BCUT2D eigenvalue weighted by molar-refractivity contribution is -0.119. The van der Waals surface area contributed by atoms with E-state index >= 15 is 0 Å². The van der Waals surface area contributed by atoms with Gasteiger partial charge in [0.05, 0.1) is 0 Å². The Morgan fingerprint density at radius 3 is 2.75 bits per heavy atom. The van der Waals surface area contributed by atoms with Crippen LogP contribution < -0.4 is 10.6 Å². The molecule has 0 saturated carbocycles. The highest BCUT2D eigenvalue weighted by Crippen LogP contribution is 2.14. The van der Waals surface area contributed by atoms with Gasteiger partial charge in [0.2, 0.25) is 11.2 Å². The van der Waals surface area contributed by atoms with E-state index in [-0.39, 0.29) is 22.3 Å². The first-order valence-corrected chi connectivity index (χ1v) is 5.44. The summed E-state index contributed by atoms with van der Waals surface area (Å²) in [5.41, 5.74) is 0. The van der Waals surface area contributed by atoms with Crippen molar-refractivity contribution in [3.8, 4) is 0 Å². The average Bonchev–Trinajstić information content (AvgIpc) is 2.16. The minimum atomic E-state index is -0.169. The number of halogens is 2. The highest BCUT2D eigenvalue weighted by atomic mass is 35.5. The molecule has 2 N–H and O–H groups in total. The van der Waals surface area contributed by atoms with Crippen molar-refractivity contribution in [3.63, 3.8) is 0 Å². The maximum absolute atomic E-state index is 11.6. The molecule has 0 saturated heterocycles. The van der Waals surface area contributed by atoms with Gasteiger partial charge in [0.15, 0.2) is 0 Å². The zero-order chi connectivity index (χ0) is 12.1. The number of nitrogens with one attached hydrogen (secondary N) is 2. The van der Waals surface area contributed by atoms with Crippen LogP contribution in [0.2, 0.25) is 10.4 Å². The monoisotopic (exact) mass is 262 g/mol. The Balaban J connectivity index is 2.69. The molecule has 1 unspecified atom stereocenters. The molecule has 0 aliphatic carbocycles. The Labute approximate surface area is 104 Å². The molecule has 0 aliphatic heterocycles. The fraction of sp³-hybridized carbons (Fsp3) is 0.444. The molecule has 16 heavy (non-hydrogen) atoms. The maximum atomic E-state index is 11.6. The third-order valence-electron chi connectivity index (χ3n) is 1.88. The quantitative estimate of drug-likeness (QED) is 0.639. The molecule has 7 heteroatoms. The number of amides is 1. The summed E-state index contributed by atoms with van der Waals surface area (Å²) in [4.78, 5) is 19.1. The number of nitrogens with zero attached hydrogens (tertiary/aromatic N) is 2. The van der Waals surface area contributed by atoms with Crippen molar-refractivity contribution in [1.82, 2.24) is 15.3 Å². The van der Waals surface area contributed by atoms with Crippen LogP contribution in [0.1, 0.15) is 6.92 Å². The predicted molar refractivity (Wildman–Crippen MR) is 63.8 cm³/mol. The summed E-state index contributed by atoms with van der Waals surface area (Å²) in [6.07, 6.45) is 0. The number of anilines is 1. The van der Waals surface area contributed by atoms with Gasteiger partial charge in [-0.25, -0.2) is 9.97 Å². The highest BCUT2D eigenvalue weighted by molar-refractivity contribution is 6.32. The lowest BCUT2D eigenvalue weighted by Crippen LogP contribution is -2.28. The molecule has 0 spiro atoms. The lowest BCUT2D eigenvalue weighted by Gasteiger charge is -2.10. The van der Waals surface area contributed by atoms with Crippen LogP contribution in [0.4, 0.5) is 5.82 Å². The van der Waals surface area contributed by atoms with E-state index < -0.39 is 0 Å². The fourth-order valence-electron chi connectivity index (χ4n) is 1.10. The van der Waals surface area contributed by atoms with Crippen molar-refractivity contribution >= 4 is 34.9 Å². The van der Waals surface area contributed by atoms with Crippen LogP contribution in [-0.2, 0) is 4.79 Å². The van der Waals surface area contributed by atoms with Crippen molar-refractivity contribution in [2.24, 2.45) is 5.92 Å². The Morgan fingerprint density at radius 2 is 2.19 bits per heavy atom. The number of carbonyl (C=O) groups is 1. The molecule has 88 valence electrons. The van der Waals surface area contributed by atoms with Gasteiger partial charge in [-0.3, -0.25) is 4.79 Å². The number of aromatic nitrogens is 2. The van der Waals surface area contributed by atoms with E-state index in [1.807, 2.05) is 0 Å². The summed E-state index contributed by atoms with van der Waals surface area (Å²) in [6, 6.07) is 1.44. The van der Waals surface area contributed by atoms with Gasteiger partial charge in [-0.05, 0) is 18.6 Å². The molecule has 1 aromatic rings. The average molecular weight is 263 g/mol. The number of rotatable bonds is 4. The summed E-state index contributed by atoms with van der Waals surface area (Å²) in [5.74, 6) is -0.0179. The van der Waals surface area contributed by atoms with Crippen LogP contribution in [0, 0.1) is 5.92 Å². The summed E-state index contributed by atoms with van der Waals surface area (Å²) in [7, 11) is 1.78. The third-order valence-corrected chi connectivity index (χ3v) is 2.24. The molecular formula is C9H12Cl2N4O. The third kappa shape index (κ3) is 3.92. The second-order valence-corrected chi connectivity index (χ2v) is 4.02. The lowest BCUT2D eigenvalue weighted by atomic mass is 10.1. The number of carbonyl (C=O) groups excluding carboxylic acids is 1. The minimum absolute atomic E-state index is 0.00377. The van der Waals surface area contributed by atoms with Crippen LogP contribution in [0.15, 0.2) is 6.07 Å². The zero-order valence-electron chi connectivity index (χ0n) is 8.92. The Kier molecular flexibility index (Phi) is 4.92. The van der Waals surface area contributed by atoms with Crippen molar-refractivity contribution in [2.45, 2.75) is 6.92 Å². The highest BCUT2D eigenvalue weighted by Gasteiger charge is 2.13. The molecule has 0 fully saturated rings. The van der Waals surface area contributed by atoms with Gasteiger partial charge in [-0.2, -0.15) is 0 Å². The second-order valence-electron chi connectivity index (χ2n) is 3.29. The van der Waals surface area contributed by atoms with E-state index in [9.17, 15) is 4.79 Å². The largest absolute Gasteiger partial charge is 0.319 e. The van der Waals surface area contributed by atoms with Crippen LogP contribution in [0.25, 0.3) is 0 Å². The second kappa shape index (κ2) is 5.98. The molecule has 0 bridgehead atoms. The van der Waals surface area contributed by atoms with Gasteiger partial charge in [-0.15, -0.1) is 0 Å². The van der Waals surface area contributed by atoms with Gasteiger partial charge in [0, 0.05) is 18.5 Å². The molecule has 0 aromatic carbocycles. The van der Waals surface area contributed by atoms with Crippen LogP contribution in [0.5, 0.6) is 0 Å². The first-order chi connectivity index (χ1) is 7.52. The zero-order valence-corrected chi connectivity index (χ0v) is 10.4. The van der Waals surface area contributed by atoms with E-state index in [2.05, 4.69) is 20.6 Å². The molecule has 1 aromatic heterocycles. The van der Waals surface area contributed by atoms with Gasteiger partial charge < -0.3 is 10.6 Å². The Morgan fingerprint density at radius 1 is 1.50 bits per heavy atom. The van der Waals surface area contributed by atoms with E-state index in [1.54, 1.807) is 14.0 Å². The molecule has 0 aliphatic rings. The van der Waals surface area contributed by atoms with Crippen molar-refractivity contribution < 1.29 is 4.79 Å². The normalized spacial score (nSPS) is 12.2. The molecule has 0 radical (unpaired) electrons. The topological polar surface area (TPSA) is 66.9 Å². The van der Waals surface area contributed by atoms with E-state index in [1.165, 1.54) is 6.07 Å². The van der Waals surface area contributed by atoms with Crippen molar-refractivity contribution in [2.75, 3.05) is 18.9 Å². The minimum Gasteiger partial charge on any atom is -0.319 e. The standard InChI is InChI=1S/C9H12Cl2N4O/c1-5(4-12-2)8(16)14-7-3-6(10)13-9(11)15-7/h3,5,12H,4H2,1-2H3,(H,13,14,15,16).